The predicted octanol–water partition coefficient (Wildman–Crippen LogP) is 7.82. The molecule has 0 spiro atoms. The molecule has 0 radical (unpaired) electrons. The molecule has 0 aliphatic heterocycles. The highest BCUT2D eigenvalue weighted by Crippen LogP contribution is 2.34. The summed E-state index contributed by atoms with van der Waals surface area (Å²) in [6.45, 7) is 6.61. The van der Waals surface area contributed by atoms with E-state index >= 15 is 0 Å². The molecule has 0 aliphatic carbocycles. The molecule has 9 heteroatoms. The summed E-state index contributed by atoms with van der Waals surface area (Å²) in [6, 6.07) is 21.0. The van der Waals surface area contributed by atoms with E-state index in [1.807, 2.05) is 23.6 Å². The van der Waals surface area contributed by atoms with Crippen molar-refractivity contribution >= 4 is 51.5 Å². The first-order valence-corrected chi connectivity index (χ1v) is 14.0. The molecule has 0 fully saturated rings. The minimum absolute atomic E-state index is 0.0289. The Bertz CT molecular complexity index is 1460. The van der Waals surface area contributed by atoms with E-state index in [0.717, 1.165) is 27.5 Å². The first-order chi connectivity index (χ1) is 18.5. The maximum absolute atomic E-state index is 12.4. The SMILES string of the molecule is CC(C)(C)c1ccc(C(Nc2nc(-c3ccc(Cl)c(Cl)c3)cs2)c2ccc(C(=O)NCCC(=O)O)cc2)cc1. The van der Waals surface area contributed by atoms with Gasteiger partial charge in [0, 0.05) is 23.1 Å². The minimum atomic E-state index is -0.957. The molecule has 0 saturated carbocycles. The fourth-order valence-corrected chi connectivity index (χ4v) is 5.05. The molecule has 0 aliphatic rings. The molecule has 0 saturated heterocycles. The van der Waals surface area contributed by atoms with Crippen LogP contribution in [0.4, 0.5) is 5.13 Å². The van der Waals surface area contributed by atoms with E-state index in [-0.39, 0.29) is 30.3 Å². The highest BCUT2D eigenvalue weighted by molar-refractivity contribution is 7.14. The molecule has 6 nitrogen and oxygen atoms in total. The topological polar surface area (TPSA) is 91.3 Å². The van der Waals surface area contributed by atoms with Crippen LogP contribution in [0.3, 0.4) is 0 Å². The summed E-state index contributed by atoms with van der Waals surface area (Å²) in [5, 5.41) is 18.7. The van der Waals surface area contributed by atoms with Crippen molar-refractivity contribution in [1.29, 1.82) is 0 Å². The third-order valence-electron chi connectivity index (χ3n) is 6.23. The molecule has 1 aromatic heterocycles. The van der Waals surface area contributed by atoms with Gasteiger partial charge in [-0.1, -0.05) is 86.4 Å². The van der Waals surface area contributed by atoms with Gasteiger partial charge >= 0.3 is 5.97 Å². The van der Waals surface area contributed by atoms with Gasteiger partial charge in [0.05, 0.1) is 28.2 Å². The molecule has 3 aromatic carbocycles. The fourth-order valence-electron chi connectivity index (χ4n) is 4.00. The summed E-state index contributed by atoms with van der Waals surface area (Å²) in [4.78, 5) is 28.0. The van der Waals surface area contributed by atoms with Gasteiger partial charge < -0.3 is 15.7 Å². The quantitative estimate of drug-likeness (QED) is 0.187. The monoisotopic (exact) mass is 581 g/mol. The molecular weight excluding hydrogens is 553 g/mol. The van der Waals surface area contributed by atoms with E-state index in [1.165, 1.54) is 16.9 Å². The van der Waals surface area contributed by atoms with E-state index in [1.54, 1.807) is 24.3 Å². The van der Waals surface area contributed by atoms with Gasteiger partial charge in [-0.3, -0.25) is 9.59 Å². The summed E-state index contributed by atoms with van der Waals surface area (Å²) in [5.74, 6) is -1.27. The number of carbonyl (C=O) groups is 2. The second kappa shape index (κ2) is 12.2. The second-order valence-corrected chi connectivity index (χ2v) is 11.8. The van der Waals surface area contributed by atoms with Crippen molar-refractivity contribution in [3.8, 4) is 11.3 Å². The van der Waals surface area contributed by atoms with E-state index in [4.69, 9.17) is 33.3 Å². The number of thiazole rings is 1. The van der Waals surface area contributed by atoms with Crippen LogP contribution in [0.25, 0.3) is 11.3 Å². The van der Waals surface area contributed by atoms with Crippen LogP contribution in [0, 0.1) is 0 Å². The Labute approximate surface area is 242 Å². The number of aliphatic carboxylic acids is 1. The van der Waals surface area contributed by atoms with E-state index in [9.17, 15) is 9.59 Å². The van der Waals surface area contributed by atoms with Crippen molar-refractivity contribution in [3.63, 3.8) is 0 Å². The number of aromatic nitrogens is 1. The number of rotatable bonds is 9. The molecular formula is C30H29Cl2N3O3S. The van der Waals surface area contributed by atoms with Gasteiger partial charge in [-0.25, -0.2) is 4.98 Å². The molecule has 1 heterocycles. The number of carboxylic acids is 1. The normalized spacial score (nSPS) is 12.1. The van der Waals surface area contributed by atoms with E-state index < -0.39 is 5.97 Å². The van der Waals surface area contributed by atoms with Crippen LogP contribution >= 0.6 is 34.5 Å². The molecule has 1 amide bonds. The van der Waals surface area contributed by atoms with Crippen LogP contribution in [0.2, 0.25) is 10.0 Å². The third-order valence-corrected chi connectivity index (χ3v) is 7.74. The standard InChI is InChI=1S/C30H29Cl2N3O3S/c1-30(2,3)22-11-8-19(9-12-22)27(18-4-6-20(7-5-18)28(38)33-15-14-26(36)37)35-29-34-25(17-39-29)21-10-13-23(31)24(32)16-21/h4-13,16-17,27H,14-15H2,1-3H3,(H,33,38)(H,34,35)(H,36,37). The van der Waals surface area contributed by atoms with Gasteiger partial charge in [-0.15, -0.1) is 11.3 Å². The number of hydrogen-bond donors (Lipinski definition) is 3. The Morgan fingerprint density at radius 2 is 1.59 bits per heavy atom. The Kier molecular flexibility index (Phi) is 8.95. The number of halogens is 2. The highest BCUT2D eigenvalue weighted by Gasteiger charge is 2.19. The van der Waals surface area contributed by atoms with Crippen LogP contribution in [-0.4, -0.2) is 28.5 Å². The molecule has 4 aromatic rings. The lowest BCUT2D eigenvalue weighted by Crippen LogP contribution is -2.26. The van der Waals surface area contributed by atoms with Gasteiger partial charge in [0.1, 0.15) is 0 Å². The number of hydrogen-bond acceptors (Lipinski definition) is 5. The van der Waals surface area contributed by atoms with Crippen molar-refractivity contribution < 1.29 is 14.7 Å². The Morgan fingerprint density at radius 3 is 2.18 bits per heavy atom. The minimum Gasteiger partial charge on any atom is -0.481 e. The van der Waals surface area contributed by atoms with Gasteiger partial charge in [0.25, 0.3) is 5.91 Å². The lowest BCUT2D eigenvalue weighted by atomic mass is 9.85. The zero-order valence-corrected chi connectivity index (χ0v) is 24.1. The zero-order valence-electron chi connectivity index (χ0n) is 21.8. The highest BCUT2D eigenvalue weighted by atomic mass is 35.5. The average Bonchev–Trinajstić information content (AvgIpc) is 3.37. The zero-order chi connectivity index (χ0) is 28.2. The van der Waals surface area contributed by atoms with Crippen LogP contribution in [0.1, 0.15) is 60.3 Å². The van der Waals surface area contributed by atoms with Crippen LogP contribution < -0.4 is 10.6 Å². The number of anilines is 1. The van der Waals surface area contributed by atoms with Crippen molar-refractivity contribution in [1.82, 2.24) is 10.3 Å². The van der Waals surface area contributed by atoms with Crippen LogP contribution in [-0.2, 0) is 10.2 Å². The Morgan fingerprint density at radius 1 is 0.949 bits per heavy atom. The summed E-state index contributed by atoms with van der Waals surface area (Å²) in [5.41, 5.74) is 5.38. The maximum atomic E-state index is 12.4. The third kappa shape index (κ3) is 7.38. The number of nitrogens with one attached hydrogen (secondary N) is 2. The molecule has 202 valence electrons. The molecule has 1 unspecified atom stereocenters. The van der Waals surface area contributed by atoms with Gasteiger partial charge in [0.15, 0.2) is 5.13 Å². The van der Waals surface area contributed by atoms with Gasteiger partial charge in [0.2, 0.25) is 0 Å². The molecule has 39 heavy (non-hydrogen) atoms. The van der Waals surface area contributed by atoms with Gasteiger partial charge in [-0.2, -0.15) is 0 Å². The Balaban J connectivity index is 1.61. The Hall–Kier alpha value is -3.39. The van der Waals surface area contributed by atoms with Crippen molar-refractivity contribution in [2.45, 2.75) is 38.6 Å². The molecule has 1 atom stereocenters. The molecule has 0 bridgehead atoms. The largest absolute Gasteiger partial charge is 0.481 e. The van der Waals surface area contributed by atoms with Crippen molar-refractivity contribution in [3.05, 3.63) is 104 Å². The molecule has 3 N–H and O–H groups in total. The van der Waals surface area contributed by atoms with Crippen LogP contribution in [0.5, 0.6) is 0 Å². The summed E-state index contributed by atoms with van der Waals surface area (Å²) in [6.07, 6.45) is -0.127. The number of benzene rings is 3. The maximum Gasteiger partial charge on any atom is 0.305 e. The number of carboxylic acid groups (broad SMARTS) is 1. The average molecular weight is 583 g/mol. The van der Waals surface area contributed by atoms with E-state index in [2.05, 4.69) is 55.7 Å². The second-order valence-electron chi connectivity index (χ2n) is 10.1. The van der Waals surface area contributed by atoms with Crippen molar-refractivity contribution in [2.24, 2.45) is 0 Å². The summed E-state index contributed by atoms with van der Waals surface area (Å²) in [7, 11) is 0. The van der Waals surface area contributed by atoms with Gasteiger partial charge in [-0.05, 0) is 46.4 Å². The number of amides is 1. The number of nitrogens with zero attached hydrogens (tertiary/aromatic N) is 1. The predicted molar refractivity (Wildman–Crippen MR) is 159 cm³/mol. The first kappa shape index (κ1) is 28.6. The fraction of sp³-hybridized carbons (Fsp3) is 0.233. The smallest absolute Gasteiger partial charge is 0.305 e. The lowest BCUT2D eigenvalue weighted by Gasteiger charge is -2.23. The summed E-state index contributed by atoms with van der Waals surface area (Å²) < 4.78 is 0. The van der Waals surface area contributed by atoms with Crippen molar-refractivity contribution in [2.75, 3.05) is 11.9 Å². The first-order valence-electron chi connectivity index (χ1n) is 12.4. The van der Waals surface area contributed by atoms with Crippen LogP contribution in [0.15, 0.2) is 72.1 Å². The number of carbonyl (C=O) groups excluding carboxylic acids is 1. The van der Waals surface area contributed by atoms with E-state index in [0.29, 0.717) is 15.6 Å². The molecule has 4 rings (SSSR count). The summed E-state index contributed by atoms with van der Waals surface area (Å²) >= 11 is 13.8. The lowest BCUT2D eigenvalue weighted by molar-refractivity contribution is -0.136.